The van der Waals surface area contributed by atoms with Crippen LogP contribution in [-0.4, -0.2) is 163 Å². The number of amides is 4. The Hall–Kier alpha value is -7.15. The maximum Gasteiger partial charge on any atom is 0.407 e. The van der Waals surface area contributed by atoms with Crippen LogP contribution in [0.1, 0.15) is 68.4 Å². The number of halogens is 8. The SMILES string of the molecule is COC(=O)NC(C(=O)N[C@@H](Cc1ccc(C#Cc2cnc(N3CC4CCC(C3)N4C3COC3)nc2)cc1)[C@@H](O)CN(Cc1ccc(C(=N)/C=C\NC(F)F)cc1)NC(=O)[C@@H](NC(=O)OC)C(C)(C)C(F)(F)F)C(C)(C)C(F)(F)F. The largest absolute Gasteiger partial charge is 0.453 e. The fraction of sp³-hybridized carbons (Fsp3) is 0.519. The summed E-state index contributed by atoms with van der Waals surface area (Å²) in [6, 6.07) is 6.76. The molecule has 430 valence electrons. The van der Waals surface area contributed by atoms with Crippen LogP contribution in [0.15, 0.2) is 73.2 Å². The first-order valence-electron chi connectivity index (χ1n) is 24.9. The summed E-state index contributed by atoms with van der Waals surface area (Å²) in [4.78, 5) is 66.8. The van der Waals surface area contributed by atoms with Crippen LogP contribution in [-0.2, 0) is 36.8 Å². The van der Waals surface area contributed by atoms with Gasteiger partial charge in [0.1, 0.15) is 12.1 Å². The van der Waals surface area contributed by atoms with Crippen LogP contribution in [0.5, 0.6) is 0 Å². The number of methoxy groups -OCH3 is 2. The van der Waals surface area contributed by atoms with Gasteiger partial charge in [0.2, 0.25) is 11.9 Å². The lowest BCUT2D eigenvalue weighted by Crippen LogP contribution is -2.63. The van der Waals surface area contributed by atoms with Crippen molar-refractivity contribution >= 4 is 35.7 Å². The first-order chi connectivity index (χ1) is 37.1. The molecule has 3 aromatic rings. The van der Waals surface area contributed by atoms with Gasteiger partial charge in [0.15, 0.2) is 0 Å². The Bertz CT molecular complexity index is 2690. The van der Waals surface area contributed by atoms with Crippen LogP contribution in [0.2, 0.25) is 0 Å². The number of carbonyl (C=O) groups excluding carboxylic acids is 4. The summed E-state index contributed by atoms with van der Waals surface area (Å²) in [5.41, 5.74) is -2.00. The third kappa shape index (κ3) is 15.6. The number of hydrazine groups is 1. The van der Waals surface area contributed by atoms with E-state index in [4.69, 9.17) is 10.1 Å². The second-order valence-corrected chi connectivity index (χ2v) is 20.4. The molecule has 79 heavy (non-hydrogen) atoms. The molecular weight excluding hydrogens is 1060 g/mol. The highest BCUT2D eigenvalue weighted by Gasteiger charge is 2.57. The van der Waals surface area contributed by atoms with Gasteiger partial charge in [-0.1, -0.05) is 48.2 Å². The number of aromatic nitrogens is 2. The second kappa shape index (κ2) is 25.8. The number of anilines is 1. The minimum absolute atomic E-state index is 0.215. The standard InChI is InChI=1S/C52H63F8N11O8/c1-49(2,51(55,56)57)41(66-47(75)77-5)43(73)65-39(21-31-10-7-30(8-11-31)9-12-33-22-63-46(64-23-33)69-25-35-17-18-36(26-69)71(35)37-28-79-29-37)40(72)27-70(24-32-13-15-34(16-14-32)38(61)19-20-62-45(53)54)68-44(74)42(67-48(76)78-6)50(3,4)52(58,59)60/h7-8,10-11,13-16,19-20,22-23,35-37,39-42,45,61-62,72H,17-18,21,24-29H2,1-6H3,(H,65,73)(H,66,75)(H,67,76)(H,68,74)/b20-19-,61-38?/t35?,36?,39-,40-,41?,42+/m0/s1. The lowest BCUT2D eigenvalue weighted by Gasteiger charge is -2.47. The van der Waals surface area contributed by atoms with E-state index < -0.39 is 91.1 Å². The molecule has 27 heteroatoms. The fourth-order valence-corrected chi connectivity index (χ4v) is 9.17. The maximum absolute atomic E-state index is 14.6. The third-order valence-electron chi connectivity index (χ3n) is 14.2. The number of rotatable bonds is 21. The van der Waals surface area contributed by atoms with Crippen LogP contribution in [0.25, 0.3) is 0 Å². The number of hydrogen-bond donors (Lipinski definition) is 7. The topological polar surface area (TPSA) is 236 Å². The molecule has 19 nitrogen and oxygen atoms in total. The molecule has 0 aliphatic carbocycles. The Morgan fingerprint density at radius 2 is 1.30 bits per heavy atom. The van der Waals surface area contributed by atoms with Crippen LogP contribution in [0.4, 0.5) is 50.7 Å². The predicted octanol–water partition coefficient (Wildman–Crippen LogP) is 5.17. The van der Waals surface area contributed by atoms with Gasteiger partial charge in [-0.05, 0) is 81.9 Å². The van der Waals surface area contributed by atoms with Crippen molar-refractivity contribution in [3.05, 3.63) is 101 Å². The molecule has 3 fully saturated rings. The number of ether oxygens (including phenoxy) is 3. The van der Waals surface area contributed by atoms with Gasteiger partial charge in [0, 0.05) is 62.4 Å². The number of alkyl halides is 8. The van der Waals surface area contributed by atoms with Gasteiger partial charge in [0.05, 0.1) is 67.7 Å². The number of alkyl carbamates (subject to hydrolysis) is 2. The quantitative estimate of drug-likeness (QED) is 0.0240. The maximum atomic E-state index is 14.6. The molecule has 0 spiro atoms. The monoisotopic (exact) mass is 1120 g/mol. The molecule has 4 amide bonds. The molecule has 7 N–H and O–H groups in total. The Morgan fingerprint density at radius 1 is 0.785 bits per heavy atom. The van der Waals surface area contributed by atoms with E-state index in [1.165, 1.54) is 24.3 Å². The Labute approximate surface area is 450 Å². The number of carbonyl (C=O) groups is 4. The van der Waals surface area contributed by atoms with Crippen molar-refractivity contribution in [1.82, 2.24) is 46.6 Å². The molecule has 1 aromatic heterocycles. The summed E-state index contributed by atoms with van der Waals surface area (Å²) in [6.45, 7) is 1.53. The zero-order valence-corrected chi connectivity index (χ0v) is 44.0. The first kappa shape index (κ1) is 61.1. The van der Waals surface area contributed by atoms with Crippen LogP contribution in [0.3, 0.4) is 0 Å². The smallest absolute Gasteiger partial charge is 0.407 e. The molecule has 0 radical (unpaired) electrons. The van der Waals surface area contributed by atoms with Gasteiger partial charge in [-0.3, -0.25) is 19.9 Å². The summed E-state index contributed by atoms with van der Waals surface area (Å²) >= 11 is 0. The van der Waals surface area contributed by atoms with Gasteiger partial charge in [0.25, 0.3) is 5.91 Å². The van der Waals surface area contributed by atoms with E-state index >= 15 is 0 Å². The number of piperazine rings is 1. The fourth-order valence-electron chi connectivity index (χ4n) is 9.17. The molecule has 2 bridgehead atoms. The molecule has 2 aromatic carbocycles. The first-order valence-corrected chi connectivity index (χ1v) is 24.9. The number of aliphatic hydroxyl groups excluding tert-OH is 1. The van der Waals surface area contributed by atoms with Crippen molar-refractivity contribution in [2.45, 2.75) is 115 Å². The lowest BCUT2D eigenvalue weighted by molar-refractivity contribution is -0.221. The highest BCUT2D eigenvalue weighted by atomic mass is 19.4. The van der Waals surface area contributed by atoms with E-state index in [1.807, 2.05) is 10.6 Å². The summed E-state index contributed by atoms with van der Waals surface area (Å²) in [6.07, 6.45) is -7.98. The van der Waals surface area contributed by atoms with Gasteiger partial charge < -0.3 is 50.9 Å². The number of allylic oxidation sites excluding steroid dienone is 1. The van der Waals surface area contributed by atoms with E-state index in [0.717, 1.165) is 70.6 Å². The average Bonchev–Trinajstić information content (AvgIpc) is 3.75. The number of hydrogen-bond acceptors (Lipinski definition) is 15. The van der Waals surface area contributed by atoms with Crippen molar-refractivity contribution < 1.29 is 73.6 Å². The Balaban J connectivity index is 1.28. The Morgan fingerprint density at radius 3 is 1.80 bits per heavy atom. The molecule has 3 unspecified atom stereocenters. The normalized spacial score (nSPS) is 18.6. The van der Waals surface area contributed by atoms with Gasteiger partial charge >= 0.3 is 31.1 Å². The number of aliphatic hydroxyl groups is 1. The molecule has 3 aliphatic heterocycles. The van der Waals surface area contributed by atoms with Crippen molar-refractivity contribution in [1.29, 1.82) is 5.41 Å². The van der Waals surface area contributed by atoms with Crippen molar-refractivity contribution in [3.63, 3.8) is 0 Å². The highest BCUT2D eigenvalue weighted by Crippen LogP contribution is 2.42. The van der Waals surface area contributed by atoms with E-state index in [0.29, 0.717) is 68.5 Å². The minimum atomic E-state index is -5.11. The molecule has 0 saturated carbocycles. The number of benzene rings is 2. The van der Waals surface area contributed by atoms with Gasteiger partial charge in [-0.2, -0.15) is 35.1 Å². The third-order valence-corrected chi connectivity index (χ3v) is 14.2. The molecule has 4 heterocycles. The number of nitrogens with one attached hydrogen (secondary N) is 6. The summed E-state index contributed by atoms with van der Waals surface area (Å²) in [5, 5.41) is 29.2. The summed E-state index contributed by atoms with van der Waals surface area (Å²) in [5.74, 6) is 3.72. The minimum Gasteiger partial charge on any atom is -0.453 e. The molecule has 6 atom stereocenters. The summed E-state index contributed by atoms with van der Waals surface area (Å²) < 4.78 is 127. The zero-order valence-electron chi connectivity index (χ0n) is 44.0. The van der Waals surface area contributed by atoms with Crippen LogP contribution < -0.4 is 31.6 Å². The highest BCUT2D eigenvalue weighted by molar-refractivity contribution is 6.06. The number of fused-ring (bicyclic) bond motifs is 2. The molecule has 6 rings (SSSR count). The van der Waals surface area contributed by atoms with Crippen molar-refractivity contribution in [3.8, 4) is 11.8 Å². The van der Waals surface area contributed by atoms with E-state index in [9.17, 15) is 59.4 Å². The predicted molar refractivity (Wildman–Crippen MR) is 270 cm³/mol. The van der Waals surface area contributed by atoms with Crippen molar-refractivity contribution in [2.75, 3.05) is 52.0 Å². The van der Waals surface area contributed by atoms with Crippen LogP contribution >= 0.6 is 0 Å². The average molecular weight is 1120 g/mol. The lowest BCUT2D eigenvalue weighted by atomic mass is 9.82. The summed E-state index contributed by atoms with van der Waals surface area (Å²) in [7, 11) is 1.71. The molecular formula is C52H63F8N11O8. The van der Waals surface area contributed by atoms with E-state index in [-0.39, 0.29) is 23.3 Å². The second-order valence-electron chi connectivity index (χ2n) is 20.4. The Kier molecular flexibility index (Phi) is 19.9. The zero-order chi connectivity index (χ0) is 58.0. The molecule has 3 aliphatic rings. The van der Waals surface area contributed by atoms with Crippen LogP contribution in [0, 0.1) is 28.1 Å². The van der Waals surface area contributed by atoms with Gasteiger partial charge in [-0.25, -0.2) is 24.6 Å². The number of nitrogens with zero attached hydrogens (tertiary/aromatic N) is 5. The van der Waals surface area contributed by atoms with Gasteiger partial charge in [-0.15, -0.1) is 0 Å². The van der Waals surface area contributed by atoms with E-state index in [2.05, 4.69) is 51.8 Å². The molecule has 3 saturated heterocycles. The van der Waals surface area contributed by atoms with Crippen molar-refractivity contribution in [2.24, 2.45) is 10.8 Å². The van der Waals surface area contributed by atoms with E-state index in [1.54, 1.807) is 42.0 Å².